The lowest BCUT2D eigenvalue weighted by Crippen LogP contribution is -2.44. The number of rotatable bonds is 2. The molecule has 0 spiro atoms. The molecule has 1 heterocycles. The molecule has 108 valence electrons. The van der Waals surface area contributed by atoms with Crippen LogP contribution in [0.5, 0.6) is 0 Å². The van der Waals surface area contributed by atoms with Crippen LogP contribution in [0.4, 0.5) is 0 Å². The van der Waals surface area contributed by atoms with E-state index in [1.807, 2.05) is 6.07 Å². The fraction of sp³-hybridized carbons (Fsp3) is 0.385. The molecule has 0 bridgehead atoms. The molecule has 1 aliphatic rings. The molecule has 2 rings (SSSR count). The van der Waals surface area contributed by atoms with Gasteiger partial charge >= 0.3 is 0 Å². The molecule has 1 aromatic carbocycles. The van der Waals surface area contributed by atoms with Crippen molar-refractivity contribution < 1.29 is 10.0 Å². The molecule has 0 aromatic heterocycles. The molecule has 0 saturated carbocycles. The number of carbonyl (C=O) groups is 1. The maximum Gasteiger partial charge on any atom is 0.253 e. The van der Waals surface area contributed by atoms with Gasteiger partial charge in [0.25, 0.3) is 5.91 Å². The zero-order chi connectivity index (χ0) is 14.7. The number of piperidine rings is 1. The topological polar surface area (TPSA) is 78.9 Å². The van der Waals surface area contributed by atoms with Crippen LogP contribution < -0.4 is 5.73 Å². The first-order valence-corrected chi connectivity index (χ1v) is 7.70. The minimum absolute atomic E-state index is 0.0706. The number of amidine groups is 1. The molecule has 1 amide bonds. The van der Waals surface area contributed by atoms with E-state index in [0.29, 0.717) is 23.7 Å². The molecule has 1 saturated heterocycles. The fourth-order valence-electron chi connectivity index (χ4n) is 2.30. The Morgan fingerprint density at radius 3 is 2.95 bits per heavy atom. The van der Waals surface area contributed by atoms with Crippen molar-refractivity contribution in [3.63, 3.8) is 0 Å². The van der Waals surface area contributed by atoms with E-state index in [1.54, 1.807) is 17.0 Å². The highest BCUT2D eigenvalue weighted by atomic mass is 127. The number of hydrogen-bond donors (Lipinski definition) is 2. The summed E-state index contributed by atoms with van der Waals surface area (Å²) in [7, 11) is 0. The Bertz CT molecular complexity index is 550. The number of carbonyl (C=O) groups excluding carboxylic acids is 1. The highest BCUT2D eigenvalue weighted by Crippen LogP contribution is 2.23. The van der Waals surface area contributed by atoms with Gasteiger partial charge in [-0.05, 0) is 53.6 Å². The lowest BCUT2D eigenvalue weighted by molar-refractivity contribution is 0.0701. The summed E-state index contributed by atoms with van der Waals surface area (Å²) in [6, 6.07) is 5.27. The molecule has 1 unspecified atom stereocenters. The average Bonchev–Trinajstić information content (AvgIpc) is 2.48. The molecule has 1 fully saturated rings. The number of likely N-dealkylation sites (tertiary alicyclic amines) is 1. The second kappa shape index (κ2) is 6.62. The van der Waals surface area contributed by atoms with Gasteiger partial charge in [0.05, 0.1) is 5.02 Å². The Morgan fingerprint density at radius 1 is 1.55 bits per heavy atom. The summed E-state index contributed by atoms with van der Waals surface area (Å²) in [5.74, 6) is 0.0268. The number of amides is 1. The number of benzene rings is 1. The minimum Gasteiger partial charge on any atom is -0.409 e. The summed E-state index contributed by atoms with van der Waals surface area (Å²) in [5.41, 5.74) is 6.20. The van der Waals surface area contributed by atoms with Crippen LogP contribution in [0, 0.1) is 9.49 Å². The molecular weight excluding hydrogens is 393 g/mol. The Hall–Kier alpha value is -1.02. The van der Waals surface area contributed by atoms with E-state index >= 15 is 0 Å². The van der Waals surface area contributed by atoms with Crippen LogP contribution in [0.15, 0.2) is 23.4 Å². The third-order valence-corrected chi connectivity index (χ3v) is 4.98. The van der Waals surface area contributed by atoms with Gasteiger partial charge in [0, 0.05) is 28.1 Å². The van der Waals surface area contributed by atoms with Crippen LogP contribution in [-0.4, -0.2) is 34.9 Å². The van der Waals surface area contributed by atoms with Crippen molar-refractivity contribution in [2.75, 3.05) is 13.1 Å². The smallest absolute Gasteiger partial charge is 0.253 e. The van der Waals surface area contributed by atoms with Gasteiger partial charge in [-0.3, -0.25) is 4.79 Å². The van der Waals surface area contributed by atoms with E-state index in [0.717, 1.165) is 16.4 Å². The number of halogens is 2. The summed E-state index contributed by atoms with van der Waals surface area (Å²) in [5, 5.41) is 12.3. The van der Waals surface area contributed by atoms with Crippen LogP contribution in [0.2, 0.25) is 5.02 Å². The van der Waals surface area contributed by atoms with Crippen molar-refractivity contribution in [3.8, 4) is 0 Å². The van der Waals surface area contributed by atoms with E-state index in [1.165, 1.54) is 0 Å². The second-order valence-corrected chi connectivity index (χ2v) is 6.31. The van der Waals surface area contributed by atoms with E-state index < -0.39 is 0 Å². The van der Waals surface area contributed by atoms with Gasteiger partial charge < -0.3 is 15.8 Å². The lowest BCUT2D eigenvalue weighted by atomic mass is 9.96. The zero-order valence-corrected chi connectivity index (χ0v) is 13.6. The van der Waals surface area contributed by atoms with Crippen molar-refractivity contribution >= 4 is 45.9 Å². The van der Waals surface area contributed by atoms with E-state index in [-0.39, 0.29) is 17.7 Å². The highest BCUT2D eigenvalue weighted by molar-refractivity contribution is 14.1. The maximum absolute atomic E-state index is 12.4. The van der Waals surface area contributed by atoms with Crippen LogP contribution in [0.25, 0.3) is 0 Å². The third-order valence-electron chi connectivity index (χ3n) is 3.41. The Kier molecular flexibility index (Phi) is 5.09. The number of oxime groups is 1. The Balaban J connectivity index is 2.14. The first-order valence-electron chi connectivity index (χ1n) is 6.24. The van der Waals surface area contributed by atoms with Gasteiger partial charge in [0.15, 0.2) is 0 Å². The van der Waals surface area contributed by atoms with E-state index in [4.69, 9.17) is 22.5 Å². The third kappa shape index (κ3) is 3.35. The number of hydrogen-bond acceptors (Lipinski definition) is 3. The van der Waals surface area contributed by atoms with Crippen molar-refractivity contribution in [1.29, 1.82) is 0 Å². The lowest BCUT2D eigenvalue weighted by Gasteiger charge is -2.32. The summed E-state index contributed by atoms with van der Waals surface area (Å²) in [4.78, 5) is 14.2. The van der Waals surface area contributed by atoms with E-state index in [2.05, 4.69) is 27.7 Å². The monoisotopic (exact) mass is 407 g/mol. The Labute approximate surface area is 135 Å². The van der Waals surface area contributed by atoms with Crippen LogP contribution in [0.1, 0.15) is 23.2 Å². The van der Waals surface area contributed by atoms with E-state index in [9.17, 15) is 4.79 Å². The van der Waals surface area contributed by atoms with Gasteiger partial charge in [-0.2, -0.15) is 0 Å². The minimum atomic E-state index is -0.0861. The molecule has 0 aliphatic carbocycles. The summed E-state index contributed by atoms with van der Waals surface area (Å²) >= 11 is 8.17. The first kappa shape index (κ1) is 15.4. The van der Waals surface area contributed by atoms with Crippen LogP contribution >= 0.6 is 34.2 Å². The van der Waals surface area contributed by atoms with Crippen LogP contribution in [0.3, 0.4) is 0 Å². The van der Waals surface area contributed by atoms with Gasteiger partial charge in [-0.25, -0.2) is 0 Å². The first-order chi connectivity index (χ1) is 9.52. The second-order valence-electron chi connectivity index (χ2n) is 4.74. The highest BCUT2D eigenvalue weighted by Gasteiger charge is 2.27. The maximum atomic E-state index is 12.4. The molecular formula is C13H15ClIN3O2. The summed E-state index contributed by atoms with van der Waals surface area (Å²) in [6.07, 6.45) is 1.66. The normalized spacial score (nSPS) is 20.0. The molecule has 0 radical (unpaired) electrons. The number of nitrogens with zero attached hydrogens (tertiary/aromatic N) is 2. The molecule has 3 N–H and O–H groups in total. The molecule has 1 aliphatic heterocycles. The molecule has 7 heteroatoms. The van der Waals surface area contributed by atoms with Gasteiger partial charge in [0.2, 0.25) is 0 Å². The fourth-order valence-corrected chi connectivity index (χ4v) is 2.81. The quantitative estimate of drug-likeness (QED) is 0.260. The van der Waals surface area contributed by atoms with Gasteiger partial charge in [-0.15, -0.1) is 0 Å². The molecule has 5 nitrogen and oxygen atoms in total. The van der Waals surface area contributed by atoms with Crippen molar-refractivity contribution in [2.45, 2.75) is 12.8 Å². The predicted molar refractivity (Wildman–Crippen MR) is 86.2 cm³/mol. The summed E-state index contributed by atoms with van der Waals surface area (Å²) in [6.45, 7) is 1.15. The molecule has 1 atom stereocenters. The average molecular weight is 408 g/mol. The van der Waals surface area contributed by atoms with Crippen molar-refractivity contribution in [1.82, 2.24) is 4.90 Å². The standard InChI is InChI=1S/C13H15ClIN3O2/c14-10-6-8(3-4-11(10)15)13(19)18-5-1-2-9(7-18)12(16)17-20/h3-4,6,9,20H,1-2,5,7H2,(H2,16,17). The Morgan fingerprint density at radius 2 is 2.30 bits per heavy atom. The van der Waals surface area contributed by atoms with Crippen LogP contribution in [-0.2, 0) is 0 Å². The van der Waals surface area contributed by atoms with Gasteiger partial charge in [-0.1, -0.05) is 16.8 Å². The SMILES string of the molecule is N/C(=N/O)C1CCCN(C(=O)c2ccc(I)c(Cl)c2)C1. The zero-order valence-electron chi connectivity index (χ0n) is 10.7. The predicted octanol–water partition coefficient (Wildman–Crippen LogP) is 2.54. The van der Waals surface area contributed by atoms with Crippen molar-refractivity contribution in [3.05, 3.63) is 32.4 Å². The summed E-state index contributed by atoms with van der Waals surface area (Å²) < 4.78 is 0.911. The van der Waals surface area contributed by atoms with Crippen molar-refractivity contribution in [2.24, 2.45) is 16.8 Å². The molecule has 1 aromatic rings. The molecule has 20 heavy (non-hydrogen) atoms. The van der Waals surface area contributed by atoms with Gasteiger partial charge in [0.1, 0.15) is 5.84 Å². The number of nitrogens with two attached hydrogens (primary N) is 1. The largest absolute Gasteiger partial charge is 0.409 e.